The van der Waals surface area contributed by atoms with Gasteiger partial charge in [0.25, 0.3) is 5.91 Å². The van der Waals surface area contributed by atoms with Crippen molar-refractivity contribution in [3.8, 4) is 11.5 Å². The molecule has 1 aliphatic carbocycles. The lowest BCUT2D eigenvalue weighted by molar-refractivity contribution is -0.149. The Morgan fingerprint density at radius 3 is 2.75 bits per heavy atom. The first-order chi connectivity index (χ1) is 15.1. The number of halogens is 1. The minimum absolute atomic E-state index is 0.0615. The summed E-state index contributed by atoms with van der Waals surface area (Å²) in [5, 5.41) is 3.24. The molecular weight excluding hydrogens is 436 g/mol. The van der Waals surface area contributed by atoms with Crippen molar-refractivity contribution in [2.75, 3.05) is 19.8 Å². The fourth-order valence-corrected chi connectivity index (χ4v) is 5.64. The van der Waals surface area contributed by atoms with Crippen molar-refractivity contribution in [1.29, 1.82) is 0 Å². The standard InChI is InChI=1S/C23H29ClN2O6/c1-14-9-22(2,3)13-23(10-14)20(28)26(21(29)25-23)11-18(27)32-12-15-7-16(24)19-17(8-15)30-5-4-6-31-19/h7-8,14H,4-6,9-13H2,1-3H3,(H,25,29). The number of imide groups is 1. The zero-order chi connectivity index (χ0) is 23.1. The Morgan fingerprint density at radius 1 is 1.25 bits per heavy atom. The Labute approximate surface area is 192 Å². The highest BCUT2D eigenvalue weighted by Gasteiger charge is 2.56. The molecule has 2 aliphatic heterocycles. The third-order valence-electron chi connectivity index (χ3n) is 6.17. The van der Waals surface area contributed by atoms with Crippen LogP contribution in [0.3, 0.4) is 0 Å². The third-order valence-corrected chi connectivity index (χ3v) is 6.45. The van der Waals surface area contributed by atoms with Crippen LogP contribution in [0.4, 0.5) is 4.79 Å². The van der Waals surface area contributed by atoms with Crippen LogP contribution in [0.2, 0.25) is 5.02 Å². The predicted molar refractivity (Wildman–Crippen MR) is 117 cm³/mol. The number of ether oxygens (including phenoxy) is 3. The largest absolute Gasteiger partial charge is 0.489 e. The van der Waals surface area contributed by atoms with Gasteiger partial charge in [-0.1, -0.05) is 32.4 Å². The molecule has 32 heavy (non-hydrogen) atoms. The molecule has 1 aromatic rings. The molecule has 8 nitrogen and oxygen atoms in total. The minimum Gasteiger partial charge on any atom is -0.489 e. The molecule has 174 valence electrons. The van der Waals surface area contributed by atoms with E-state index in [1.54, 1.807) is 12.1 Å². The maximum atomic E-state index is 13.2. The summed E-state index contributed by atoms with van der Waals surface area (Å²) in [7, 11) is 0. The maximum absolute atomic E-state index is 13.2. The van der Waals surface area contributed by atoms with E-state index < -0.39 is 24.1 Å². The van der Waals surface area contributed by atoms with Gasteiger partial charge in [0.05, 0.1) is 18.2 Å². The fraction of sp³-hybridized carbons (Fsp3) is 0.609. The number of carbonyl (C=O) groups is 3. The van der Waals surface area contributed by atoms with E-state index in [2.05, 4.69) is 26.1 Å². The number of nitrogens with one attached hydrogen (secondary N) is 1. The second kappa shape index (κ2) is 8.46. The molecule has 0 aromatic heterocycles. The molecular formula is C23H29ClN2O6. The number of amides is 3. The quantitative estimate of drug-likeness (QED) is 0.539. The van der Waals surface area contributed by atoms with Gasteiger partial charge in [-0.25, -0.2) is 4.79 Å². The molecule has 9 heteroatoms. The van der Waals surface area contributed by atoms with Crippen LogP contribution in [0.1, 0.15) is 52.0 Å². The van der Waals surface area contributed by atoms with Crippen LogP contribution in [-0.2, 0) is 20.9 Å². The molecule has 4 rings (SSSR count). The van der Waals surface area contributed by atoms with E-state index >= 15 is 0 Å². The molecule has 2 heterocycles. The second-order valence-corrected chi connectivity index (χ2v) is 10.3. The Kier molecular flexibility index (Phi) is 6.00. The number of fused-ring (bicyclic) bond motifs is 1. The molecule has 2 fully saturated rings. The van der Waals surface area contributed by atoms with Gasteiger partial charge in [0.1, 0.15) is 18.7 Å². The monoisotopic (exact) mass is 464 g/mol. The van der Waals surface area contributed by atoms with E-state index in [1.807, 2.05) is 0 Å². The van der Waals surface area contributed by atoms with Crippen LogP contribution in [0.25, 0.3) is 0 Å². The van der Waals surface area contributed by atoms with Crippen molar-refractivity contribution < 1.29 is 28.6 Å². The van der Waals surface area contributed by atoms with Crippen LogP contribution >= 0.6 is 11.6 Å². The highest BCUT2D eigenvalue weighted by atomic mass is 35.5. The van der Waals surface area contributed by atoms with Crippen LogP contribution in [0.5, 0.6) is 11.5 Å². The Balaban J connectivity index is 1.39. The summed E-state index contributed by atoms with van der Waals surface area (Å²) >= 11 is 6.28. The molecule has 2 atom stereocenters. The van der Waals surface area contributed by atoms with E-state index in [0.29, 0.717) is 54.1 Å². The smallest absolute Gasteiger partial charge is 0.326 e. The van der Waals surface area contributed by atoms with Crippen molar-refractivity contribution in [3.63, 3.8) is 0 Å². The normalized spacial score (nSPS) is 26.6. The van der Waals surface area contributed by atoms with E-state index in [4.69, 9.17) is 25.8 Å². The van der Waals surface area contributed by atoms with Crippen LogP contribution in [-0.4, -0.2) is 48.1 Å². The Bertz CT molecular complexity index is 949. The summed E-state index contributed by atoms with van der Waals surface area (Å²) in [5.41, 5.74) is -0.391. The van der Waals surface area contributed by atoms with Crippen molar-refractivity contribution in [1.82, 2.24) is 10.2 Å². The van der Waals surface area contributed by atoms with Gasteiger partial charge < -0.3 is 19.5 Å². The van der Waals surface area contributed by atoms with E-state index in [1.165, 1.54) is 0 Å². The highest BCUT2D eigenvalue weighted by Crippen LogP contribution is 2.46. The number of hydrogen-bond acceptors (Lipinski definition) is 6. The SMILES string of the molecule is CC1CC(C)(C)CC2(C1)NC(=O)N(CC(=O)OCc1cc(Cl)c3c(c1)OCCCO3)C2=O. The van der Waals surface area contributed by atoms with Gasteiger partial charge in [-0.05, 0) is 48.3 Å². The van der Waals surface area contributed by atoms with Gasteiger partial charge in [0.2, 0.25) is 0 Å². The molecule has 2 unspecified atom stereocenters. The van der Waals surface area contributed by atoms with Gasteiger partial charge >= 0.3 is 12.0 Å². The molecule has 1 saturated heterocycles. The third kappa shape index (κ3) is 4.51. The van der Waals surface area contributed by atoms with Crippen molar-refractivity contribution in [2.45, 2.75) is 58.6 Å². The van der Waals surface area contributed by atoms with E-state index in [-0.39, 0.29) is 17.9 Å². The first kappa shape index (κ1) is 22.7. The summed E-state index contributed by atoms with van der Waals surface area (Å²) in [6, 6.07) is 2.82. The maximum Gasteiger partial charge on any atom is 0.326 e. The van der Waals surface area contributed by atoms with E-state index in [9.17, 15) is 14.4 Å². The van der Waals surface area contributed by atoms with Gasteiger partial charge in [-0.15, -0.1) is 0 Å². The van der Waals surface area contributed by atoms with Crippen molar-refractivity contribution in [3.05, 3.63) is 22.7 Å². The molecule has 0 radical (unpaired) electrons. The summed E-state index contributed by atoms with van der Waals surface area (Å²) in [6.45, 7) is 6.82. The van der Waals surface area contributed by atoms with Crippen LogP contribution in [0.15, 0.2) is 12.1 Å². The van der Waals surface area contributed by atoms with Gasteiger partial charge in [0.15, 0.2) is 11.5 Å². The molecule has 0 bridgehead atoms. The summed E-state index contributed by atoms with van der Waals surface area (Å²) in [4.78, 5) is 39.2. The molecule has 3 aliphatic rings. The minimum atomic E-state index is -0.944. The number of urea groups is 1. The fourth-order valence-electron chi connectivity index (χ4n) is 5.36. The average Bonchev–Trinajstić information content (AvgIpc) is 2.86. The summed E-state index contributed by atoms with van der Waals surface area (Å²) < 4.78 is 16.6. The lowest BCUT2D eigenvalue weighted by Crippen LogP contribution is -2.54. The second-order valence-electron chi connectivity index (χ2n) is 9.87. The first-order valence-electron chi connectivity index (χ1n) is 11.0. The number of benzene rings is 1. The highest BCUT2D eigenvalue weighted by molar-refractivity contribution is 6.32. The Morgan fingerprint density at radius 2 is 2.00 bits per heavy atom. The van der Waals surface area contributed by atoms with Gasteiger partial charge in [-0.2, -0.15) is 0 Å². The first-order valence-corrected chi connectivity index (χ1v) is 11.3. The number of hydrogen-bond donors (Lipinski definition) is 1. The van der Waals surface area contributed by atoms with Crippen LogP contribution < -0.4 is 14.8 Å². The number of carbonyl (C=O) groups excluding carboxylic acids is 3. The number of nitrogens with zero attached hydrogens (tertiary/aromatic N) is 1. The van der Waals surface area contributed by atoms with Crippen LogP contribution in [0, 0.1) is 11.3 Å². The summed E-state index contributed by atoms with van der Waals surface area (Å²) in [6.07, 6.45) is 2.86. The summed E-state index contributed by atoms with van der Waals surface area (Å²) in [5.74, 6) is 0.258. The molecule has 1 saturated carbocycles. The zero-order valence-corrected chi connectivity index (χ0v) is 19.4. The lowest BCUT2D eigenvalue weighted by Gasteiger charge is -2.43. The average molecular weight is 465 g/mol. The van der Waals surface area contributed by atoms with E-state index in [0.717, 1.165) is 17.7 Å². The molecule has 3 amide bonds. The lowest BCUT2D eigenvalue weighted by atomic mass is 9.64. The predicted octanol–water partition coefficient (Wildman–Crippen LogP) is 3.68. The molecule has 1 aromatic carbocycles. The molecule has 1 spiro atoms. The molecule has 1 N–H and O–H groups in total. The zero-order valence-electron chi connectivity index (χ0n) is 18.7. The number of esters is 1. The van der Waals surface area contributed by atoms with Gasteiger partial charge in [0, 0.05) is 6.42 Å². The number of rotatable bonds is 4. The Hall–Kier alpha value is -2.48. The van der Waals surface area contributed by atoms with Gasteiger partial charge in [-0.3, -0.25) is 14.5 Å². The van der Waals surface area contributed by atoms with Crippen molar-refractivity contribution >= 4 is 29.5 Å². The topological polar surface area (TPSA) is 94.2 Å². The van der Waals surface area contributed by atoms with Crippen molar-refractivity contribution in [2.24, 2.45) is 11.3 Å².